The highest BCUT2D eigenvalue weighted by molar-refractivity contribution is 5.85. The monoisotopic (exact) mass is 372 g/mol. The van der Waals surface area contributed by atoms with Crippen molar-refractivity contribution in [1.82, 2.24) is 5.32 Å². The van der Waals surface area contributed by atoms with E-state index in [1.807, 2.05) is 36.4 Å². The third-order valence-electron chi connectivity index (χ3n) is 4.61. The van der Waals surface area contributed by atoms with Gasteiger partial charge in [-0.3, -0.25) is 0 Å². The molecule has 0 aromatic heterocycles. The average molecular weight is 373 g/mol. The van der Waals surface area contributed by atoms with Crippen molar-refractivity contribution in [1.29, 1.82) is 5.26 Å². The van der Waals surface area contributed by atoms with Gasteiger partial charge in [-0.15, -0.1) is 12.4 Å². The number of nitrogens with one attached hydrogen (secondary N) is 1. The second-order valence-electron chi connectivity index (χ2n) is 6.80. The first kappa shape index (κ1) is 20.3. The molecule has 2 aromatic rings. The minimum Gasteiger partial charge on any atom is -0.488 e. The maximum Gasteiger partial charge on any atom is 0.137 e. The number of aliphatic hydroxyl groups is 1. The summed E-state index contributed by atoms with van der Waals surface area (Å²) in [6, 6.07) is 16.2. The van der Waals surface area contributed by atoms with Gasteiger partial charge in [0.05, 0.1) is 11.7 Å². The molecule has 26 heavy (non-hydrogen) atoms. The van der Waals surface area contributed by atoms with Crippen molar-refractivity contribution in [3.8, 4) is 11.8 Å². The van der Waals surface area contributed by atoms with E-state index in [1.165, 1.54) is 0 Å². The van der Waals surface area contributed by atoms with Crippen molar-refractivity contribution >= 4 is 12.4 Å². The van der Waals surface area contributed by atoms with Crippen molar-refractivity contribution in [3.63, 3.8) is 0 Å². The fourth-order valence-electron chi connectivity index (χ4n) is 3.44. The van der Waals surface area contributed by atoms with Gasteiger partial charge in [0.1, 0.15) is 18.4 Å². The Bertz CT molecular complexity index is 772. The fourth-order valence-corrected chi connectivity index (χ4v) is 3.44. The summed E-state index contributed by atoms with van der Waals surface area (Å²) in [7, 11) is 0. The normalized spacial score (nSPS) is 18.6. The topological polar surface area (TPSA) is 65.3 Å². The summed E-state index contributed by atoms with van der Waals surface area (Å²) in [5, 5.41) is 23.7. The van der Waals surface area contributed by atoms with E-state index < -0.39 is 6.10 Å². The molecule has 0 saturated carbocycles. The molecular weight excluding hydrogens is 348 g/mol. The van der Waals surface area contributed by atoms with Crippen molar-refractivity contribution in [2.24, 2.45) is 0 Å². The Hall–Kier alpha value is -2.06. The van der Waals surface area contributed by atoms with Gasteiger partial charge in [0.2, 0.25) is 0 Å². The second kappa shape index (κ2) is 9.05. The second-order valence-corrected chi connectivity index (χ2v) is 6.80. The number of halogens is 1. The maximum atomic E-state index is 10.7. The predicted octanol–water partition coefficient (Wildman–Crippen LogP) is 3.91. The number of hydrogen-bond donors (Lipinski definition) is 2. The SMILES string of the molecule is CC(C)N[C@@H]1CCc2c(ccc(OCc3ccccc3)c2C#N)[C@H]1O.Cl. The van der Waals surface area contributed by atoms with E-state index in [9.17, 15) is 10.4 Å². The zero-order valence-electron chi connectivity index (χ0n) is 15.1. The molecule has 3 rings (SSSR count). The lowest BCUT2D eigenvalue weighted by Crippen LogP contribution is -2.42. The Kier molecular flexibility index (Phi) is 7.05. The van der Waals surface area contributed by atoms with Crippen LogP contribution in [0.25, 0.3) is 0 Å². The van der Waals surface area contributed by atoms with Gasteiger partial charge in [-0.05, 0) is 35.6 Å². The number of nitriles is 1. The molecule has 2 aromatic carbocycles. The Balaban J connectivity index is 0.00000243. The summed E-state index contributed by atoms with van der Waals surface area (Å²) >= 11 is 0. The number of benzene rings is 2. The Morgan fingerprint density at radius 1 is 1.23 bits per heavy atom. The van der Waals surface area contributed by atoms with Gasteiger partial charge in [-0.1, -0.05) is 50.2 Å². The van der Waals surface area contributed by atoms with E-state index >= 15 is 0 Å². The molecular formula is C21H25ClN2O2. The number of rotatable bonds is 5. The van der Waals surface area contributed by atoms with E-state index in [2.05, 4.69) is 25.2 Å². The first-order valence-electron chi connectivity index (χ1n) is 8.77. The van der Waals surface area contributed by atoms with Gasteiger partial charge in [0.15, 0.2) is 0 Å². The van der Waals surface area contributed by atoms with Crippen LogP contribution in [0.3, 0.4) is 0 Å². The summed E-state index contributed by atoms with van der Waals surface area (Å²) in [5.41, 5.74) is 3.37. The van der Waals surface area contributed by atoms with E-state index in [0.29, 0.717) is 24.0 Å². The van der Waals surface area contributed by atoms with Crippen molar-refractivity contribution in [2.45, 2.75) is 51.5 Å². The molecule has 2 atom stereocenters. The Morgan fingerprint density at radius 2 is 1.96 bits per heavy atom. The van der Waals surface area contributed by atoms with E-state index in [1.54, 1.807) is 6.07 Å². The molecule has 1 aliphatic carbocycles. The van der Waals surface area contributed by atoms with E-state index in [0.717, 1.165) is 29.5 Å². The highest BCUT2D eigenvalue weighted by atomic mass is 35.5. The van der Waals surface area contributed by atoms with Crippen LogP contribution in [0, 0.1) is 11.3 Å². The van der Waals surface area contributed by atoms with Crippen LogP contribution in [0.5, 0.6) is 5.75 Å². The van der Waals surface area contributed by atoms with Gasteiger partial charge in [-0.2, -0.15) is 5.26 Å². The lowest BCUT2D eigenvalue weighted by Gasteiger charge is -2.33. The fraction of sp³-hybridized carbons (Fsp3) is 0.381. The number of hydrogen-bond acceptors (Lipinski definition) is 4. The van der Waals surface area contributed by atoms with Gasteiger partial charge in [-0.25, -0.2) is 0 Å². The van der Waals surface area contributed by atoms with E-state index in [4.69, 9.17) is 4.74 Å². The largest absolute Gasteiger partial charge is 0.488 e. The zero-order valence-corrected chi connectivity index (χ0v) is 15.9. The molecule has 0 bridgehead atoms. The Morgan fingerprint density at radius 3 is 2.62 bits per heavy atom. The zero-order chi connectivity index (χ0) is 17.8. The third kappa shape index (κ3) is 4.37. The van der Waals surface area contributed by atoms with Gasteiger partial charge < -0.3 is 15.2 Å². The molecule has 0 fully saturated rings. The van der Waals surface area contributed by atoms with Gasteiger partial charge in [0.25, 0.3) is 0 Å². The van der Waals surface area contributed by atoms with Crippen LogP contribution in [0.2, 0.25) is 0 Å². The van der Waals surface area contributed by atoms with Crippen LogP contribution in [-0.2, 0) is 13.0 Å². The number of fused-ring (bicyclic) bond motifs is 1. The quantitative estimate of drug-likeness (QED) is 0.835. The van der Waals surface area contributed by atoms with Crippen LogP contribution in [0.4, 0.5) is 0 Å². The van der Waals surface area contributed by atoms with Crippen LogP contribution < -0.4 is 10.1 Å². The first-order chi connectivity index (χ1) is 12.1. The van der Waals surface area contributed by atoms with Crippen LogP contribution in [0.15, 0.2) is 42.5 Å². The first-order valence-corrected chi connectivity index (χ1v) is 8.77. The lowest BCUT2D eigenvalue weighted by atomic mass is 9.83. The van der Waals surface area contributed by atoms with Crippen molar-refractivity contribution in [2.75, 3.05) is 0 Å². The summed E-state index contributed by atoms with van der Waals surface area (Å²) in [4.78, 5) is 0. The maximum absolute atomic E-state index is 10.7. The third-order valence-corrected chi connectivity index (χ3v) is 4.61. The molecule has 0 saturated heterocycles. The summed E-state index contributed by atoms with van der Waals surface area (Å²) in [6.45, 7) is 4.57. The molecule has 0 unspecified atom stereocenters. The highest BCUT2D eigenvalue weighted by Gasteiger charge is 2.30. The van der Waals surface area contributed by atoms with Crippen molar-refractivity contribution < 1.29 is 9.84 Å². The van der Waals surface area contributed by atoms with Crippen LogP contribution in [-0.4, -0.2) is 17.2 Å². The highest BCUT2D eigenvalue weighted by Crippen LogP contribution is 2.36. The molecule has 5 heteroatoms. The predicted molar refractivity (Wildman–Crippen MR) is 105 cm³/mol. The van der Waals surface area contributed by atoms with Gasteiger partial charge >= 0.3 is 0 Å². The Labute approximate surface area is 161 Å². The number of nitrogens with zero attached hydrogens (tertiary/aromatic N) is 1. The number of aliphatic hydroxyl groups excluding tert-OH is 1. The number of ether oxygens (including phenoxy) is 1. The minimum absolute atomic E-state index is 0. The molecule has 4 nitrogen and oxygen atoms in total. The minimum atomic E-state index is -0.596. The summed E-state index contributed by atoms with van der Waals surface area (Å²) < 4.78 is 5.89. The smallest absolute Gasteiger partial charge is 0.137 e. The summed E-state index contributed by atoms with van der Waals surface area (Å²) in [5.74, 6) is 0.590. The summed E-state index contributed by atoms with van der Waals surface area (Å²) in [6.07, 6.45) is 0.979. The lowest BCUT2D eigenvalue weighted by molar-refractivity contribution is 0.110. The molecule has 0 heterocycles. The standard InChI is InChI=1S/C21H24N2O2.ClH/c1-14(2)23-19-10-8-16-17(21(19)24)9-11-20(18(16)12-22)25-13-15-6-4-3-5-7-15;/h3-7,9,11,14,19,21,23-24H,8,10,13H2,1-2H3;1H/t19-,21-;/m1./s1. The molecule has 2 N–H and O–H groups in total. The van der Waals surface area contributed by atoms with Crippen LogP contribution in [0.1, 0.15) is 48.6 Å². The molecule has 0 amide bonds. The molecule has 0 spiro atoms. The average Bonchev–Trinajstić information content (AvgIpc) is 2.62. The van der Waals surface area contributed by atoms with Gasteiger partial charge in [0, 0.05) is 12.1 Å². The molecule has 1 aliphatic rings. The molecule has 0 aliphatic heterocycles. The van der Waals surface area contributed by atoms with Crippen LogP contribution >= 0.6 is 12.4 Å². The van der Waals surface area contributed by atoms with Crippen molar-refractivity contribution in [3.05, 3.63) is 64.7 Å². The molecule has 138 valence electrons. The molecule has 0 radical (unpaired) electrons. The van der Waals surface area contributed by atoms with E-state index in [-0.39, 0.29) is 18.4 Å².